The maximum Gasteiger partial charge on any atom is 0.251 e. The van der Waals surface area contributed by atoms with Crippen LogP contribution in [0.15, 0.2) is 42.7 Å². The van der Waals surface area contributed by atoms with Gasteiger partial charge in [0.15, 0.2) is 11.5 Å². The smallest absolute Gasteiger partial charge is 0.251 e. The fourth-order valence-electron chi connectivity index (χ4n) is 3.48. The molecule has 0 bridgehead atoms. The molecule has 1 aliphatic rings. The van der Waals surface area contributed by atoms with Crippen molar-refractivity contribution in [2.45, 2.75) is 58.1 Å². The molecule has 1 fully saturated rings. The van der Waals surface area contributed by atoms with Crippen LogP contribution in [0, 0.1) is 0 Å². The number of benzene rings is 1. The number of hydrogen-bond donors (Lipinski definition) is 1. The Morgan fingerprint density at radius 2 is 1.81 bits per heavy atom. The Hall–Kier alpha value is -2.56. The zero-order valence-corrected chi connectivity index (χ0v) is 16.2. The molecular formula is C22H28N2O3. The molecule has 0 aliphatic heterocycles. The van der Waals surface area contributed by atoms with Crippen LogP contribution >= 0.6 is 0 Å². The number of amides is 1. The molecule has 1 aromatic heterocycles. The highest BCUT2D eigenvalue weighted by Crippen LogP contribution is 2.31. The third kappa shape index (κ3) is 5.22. The van der Waals surface area contributed by atoms with E-state index in [4.69, 9.17) is 9.47 Å². The van der Waals surface area contributed by atoms with E-state index in [9.17, 15) is 4.79 Å². The number of pyridine rings is 1. The van der Waals surface area contributed by atoms with Crippen LogP contribution in [0.2, 0.25) is 0 Å². The number of aromatic nitrogens is 1. The van der Waals surface area contributed by atoms with Crippen molar-refractivity contribution in [2.75, 3.05) is 6.61 Å². The van der Waals surface area contributed by atoms with Gasteiger partial charge in [0.1, 0.15) is 6.61 Å². The highest BCUT2D eigenvalue weighted by Gasteiger charge is 2.29. The Morgan fingerprint density at radius 1 is 1.07 bits per heavy atom. The fourth-order valence-corrected chi connectivity index (χ4v) is 3.48. The summed E-state index contributed by atoms with van der Waals surface area (Å²) in [6.45, 7) is 4.99. The van der Waals surface area contributed by atoms with Crippen LogP contribution in [-0.4, -0.2) is 23.0 Å². The third-order valence-corrected chi connectivity index (χ3v) is 5.02. The van der Waals surface area contributed by atoms with Crippen LogP contribution < -0.4 is 14.8 Å². The number of ether oxygens (including phenoxy) is 2. The molecule has 1 amide bonds. The summed E-state index contributed by atoms with van der Waals surface area (Å²) in [5, 5.41) is 3.22. The maximum atomic E-state index is 12.8. The Balaban J connectivity index is 1.71. The van der Waals surface area contributed by atoms with Gasteiger partial charge in [0.25, 0.3) is 5.91 Å². The zero-order valence-electron chi connectivity index (χ0n) is 16.2. The number of carbonyl (C=O) groups excluding carboxylic acids is 1. The molecule has 144 valence electrons. The molecule has 0 saturated heterocycles. The lowest BCUT2D eigenvalue weighted by molar-refractivity contribution is 0.0882. The molecule has 5 nitrogen and oxygen atoms in total. The van der Waals surface area contributed by atoms with Crippen molar-refractivity contribution >= 4 is 5.91 Å². The number of rotatable bonds is 7. The molecule has 1 N–H and O–H groups in total. The van der Waals surface area contributed by atoms with E-state index in [1.807, 2.05) is 25.1 Å². The Kier molecular flexibility index (Phi) is 6.32. The van der Waals surface area contributed by atoms with Gasteiger partial charge >= 0.3 is 0 Å². The second-order valence-electron chi connectivity index (χ2n) is 7.31. The molecule has 0 radical (unpaired) electrons. The lowest BCUT2D eigenvalue weighted by atomic mass is 9.83. The molecule has 5 heteroatoms. The predicted octanol–water partition coefficient (Wildman–Crippen LogP) is 4.51. The van der Waals surface area contributed by atoms with Crippen molar-refractivity contribution in [3.8, 4) is 11.5 Å². The second-order valence-corrected chi connectivity index (χ2v) is 7.31. The fraction of sp³-hybridized carbons (Fsp3) is 0.455. The summed E-state index contributed by atoms with van der Waals surface area (Å²) >= 11 is 0. The van der Waals surface area contributed by atoms with Crippen molar-refractivity contribution in [3.63, 3.8) is 0 Å². The molecule has 0 spiro atoms. The van der Waals surface area contributed by atoms with E-state index in [1.54, 1.807) is 24.5 Å². The summed E-state index contributed by atoms with van der Waals surface area (Å²) in [4.78, 5) is 16.8. The number of nitrogens with zero attached hydrogens (tertiary/aromatic N) is 1. The summed E-state index contributed by atoms with van der Waals surface area (Å²) in [5.41, 5.74) is 1.51. The lowest BCUT2D eigenvalue weighted by Crippen LogP contribution is -2.47. The first-order valence-corrected chi connectivity index (χ1v) is 9.71. The van der Waals surface area contributed by atoms with Crippen molar-refractivity contribution in [1.82, 2.24) is 10.3 Å². The second kappa shape index (κ2) is 8.89. The molecule has 1 aromatic carbocycles. The van der Waals surface area contributed by atoms with Gasteiger partial charge in [-0.2, -0.15) is 0 Å². The van der Waals surface area contributed by atoms with Crippen molar-refractivity contribution in [1.29, 1.82) is 0 Å². The molecule has 27 heavy (non-hydrogen) atoms. The lowest BCUT2D eigenvalue weighted by Gasteiger charge is -2.34. The topological polar surface area (TPSA) is 60.5 Å². The van der Waals surface area contributed by atoms with Crippen molar-refractivity contribution in [3.05, 3.63) is 53.9 Å². The highest BCUT2D eigenvalue weighted by molar-refractivity contribution is 5.95. The first kappa shape index (κ1) is 19.2. The van der Waals surface area contributed by atoms with Crippen LogP contribution in [0.25, 0.3) is 0 Å². The van der Waals surface area contributed by atoms with Crippen molar-refractivity contribution < 1.29 is 14.3 Å². The normalized spacial score (nSPS) is 15.8. The molecule has 1 aliphatic carbocycles. The summed E-state index contributed by atoms with van der Waals surface area (Å²) in [6.07, 6.45) is 9.13. The largest absolute Gasteiger partial charge is 0.490 e. The minimum absolute atomic E-state index is 0.0546. The van der Waals surface area contributed by atoms with Crippen LogP contribution in [0.1, 0.15) is 61.9 Å². The van der Waals surface area contributed by atoms with E-state index in [1.165, 1.54) is 19.3 Å². The van der Waals surface area contributed by atoms with Crippen LogP contribution in [0.5, 0.6) is 11.5 Å². The van der Waals surface area contributed by atoms with Crippen LogP contribution in [0.3, 0.4) is 0 Å². The quantitative estimate of drug-likeness (QED) is 0.781. The van der Waals surface area contributed by atoms with Gasteiger partial charge in [-0.3, -0.25) is 9.78 Å². The van der Waals surface area contributed by atoms with Crippen molar-refractivity contribution in [2.24, 2.45) is 0 Å². The van der Waals surface area contributed by atoms with Gasteiger partial charge in [-0.25, -0.2) is 0 Å². The van der Waals surface area contributed by atoms with E-state index in [-0.39, 0.29) is 11.4 Å². The minimum Gasteiger partial charge on any atom is -0.490 e. The van der Waals surface area contributed by atoms with Gasteiger partial charge in [-0.1, -0.05) is 19.3 Å². The van der Waals surface area contributed by atoms with Gasteiger partial charge in [-0.15, -0.1) is 0 Å². The number of hydrogen-bond acceptors (Lipinski definition) is 4. The summed E-state index contributed by atoms with van der Waals surface area (Å²) < 4.78 is 11.6. The maximum absolute atomic E-state index is 12.8. The van der Waals surface area contributed by atoms with Gasteiger partial charge < -0.3 is 14.8 Å². The average Bonchev–Trinajstić information content (AvgIpc) is 2.68. The summed E-state index contributed by atoms with van der Waals surface area (Å²) in [6, 6.07) is 9.20. The molecule has 1 saturated carbocycles. The molecule has 2 aromatic rings. The van der Waals surface area contributed by atoms with E-state index >= 15 is 0 Å². The Labute approximate surface area is 161 Å². The monoisotopic (exact) mass is 368 g/mol. The number of nitrogens with one attached hydrogen (secondary N) is 1. The van der Waals surface area contributed by atoms with E-state index in [0.717, 1.165) is 18.4 Å². The first-order chi connectivity index (χ1) is 13.1. The highest BCUT2D eigenvalue weighted by atomic mass is 16.5. The standard InChI is InChI=1S/C22H28N2O3/c1-3-26-20-15-18(21(25)24-22(2)11-5-4-6-12-22)7-8-19(20)27-16-17-9-13-23-14-10-17/h7-10,13-15H,3-6,11-12,16H2,1-2H3,(H,24,25). The van der Waals surface area contributed by atoms with E-state index in [2.05, 4.69) is 17.2 Å². The summed E-state index contributed by atoms with van der Waals surface area (Å²) in [7, 11) is 0. The molecular weight excluding hydrogens is 340 g/mol. The van der Waals surface area contributed by atoms with Gasteiger partial charge in [-0.05, 0) is 62.6 Å². The predicted molar refractivity (Wildman–Crippen MR) is 105 cm³/mol. The molecule has 3 rings (SSSR count). The zero-order chi connectivity index (χ0) is 19.1. The van der Waals surface area contributed by atoms with Crippen LogP contribution in [-0.2, 0) is 6.61 Å². The summed E-state index contributed by atoms with van der Waals surface area (Å²) in [5.74, 6) is 1.17. The first-order valence-electron chi connectivity index (χ1n) is 9.71. The SMILES string of the molecule is CCOc1cc(C(=O)NC2(C)CCCCC2)ccc1OCc1ccncc1. The average molecular weight is 368 g/mol. The third-order valence-electron chi connectivity index (χ3n) is 5.02. The van der Waals surface area contributed by atoms with Gasteiger partial charge in [0.05, 0.1) is 6.61 Å². The Morgan fingerprint density at radius 3 is 2.52 bits per heavy atom. The van der Waals surface area contributed by atoms with Gasteiger partial charge in [0, 0.05) is 23.5 Å². The molecule has 0 unspecified atom stereocenters. The van der Waals surface area contributed by atoms with E-state index in [0.29, 0.717) is 30.3 Å². The van der Waals surface area contributed by atoms with E-state index < -0.39 is 0 Å². The van der Waals surface area contributed by atoms with Gasteiger partial charge in [0.2, 0.25) is 0 Å². The minimum atomic E-state index is -0.113. The van der Waals surface area contributed by atoms with Crippen LogP contribution in [0.4, 0.5) is 0 Å². The molecule has 0 atom stereocenters. The Bertz CT molecular complexity index is 755. The molecule has 1 heterocycles. The number of carbonyl (C=O) groups is 1.